The van der Waals surface area contributed by atoms with Crippen LogP contribution in [0.3, 0.4) is 0 Å². The number of pyridine rings is 1. The van der Waals surface area contributed by atoms with Crippen molar-refractivity contribution in [3.05, 3.63) is 111 Å². The molecule has 3 N–H and O–H groups in total. The van der Waals surface area contributed by atoms with Gasteiger partial charge in [-0.25, -0.2) is 4.39 Å². The molecule has 0 saturated carbocycles. The largest absolute Gasteiger partial charge is 0.366 e. The van der Waals surface area contributed by atoms with E-state index in [0.717, 1.165) is 24.0 Å². The van der Waals surface area contributed by atoms with Gasteiger partial charge in [-0.15, -0.1) is 11.3 Å². The standard InChI is InChI=1S/C34H33FN4O3S/c1-18(2)16-24-28(32(36)40)29(30-31(37-24)25(39(3)34(30)42)17-19-8-11-21(35)12-9-19)26-14-15-27(43-26)33(41)38-23-13-10-20-6-4-5-7-22(20)23/h4-9,11-12,14-15,18,23,25H,10,13,16-17H2,1-3H3,(H2,36,40)(H,38,41). The summed E-state index contributed by atoms with van der Waals surface area (Å²) in [6.45, 7) is 4.06. The minimum atomic E-state index is -0.666. The quantitative estimate of drug-likeness (QED) is 0.259. The molecule has 2 aromatic heterocycles. The molecule has 2 unspecified atom stereocenters. The van der Waals surface area contributed by atoms with Gasteiger partial charge in [0.25, 0.3) is 17.7 Å². The molecule has 0 bridgehead atoms. The first-order valence-corrected chi connectivity index (χ1v) is 15.3. The topological polar surface area (TPSA) is 105 Å². The van der Waals surface area contributed by atoms with Crippen LogP contribution in [0.1, 0.15) is 90.8 Å². The molecule has 6 rings (SSSR count). The average Bonchev–Trinajstić information content (AvgIpc) is 3.68. The Morgan fingerprint density at radius 3 is 2.56 bits per heavy atom. The van der Waals surface area contributed by atoms with E-state index in [2.05, 4.69) is 11.4 Å². The lowest BCUT2D eigenvalue weighted by atomic mass is 9.91. The second kappa shape index (κ2) is 11.4. The first-order chi connectivity index (χ1) is 20.6. The number of carbonyl (C=O) groups is 3. The van der Waals surface area contributed by atoms with E-state index in [4.69, 9.17) is 10.7 Å². The summed E-state index contributed by atoms with van der Waals surface area (Å²) in [6.07, 6.45) is 2.66. The van der Waals surface area contributed by atoms with E-state index in [1.54, 1.807) is 36.2 Å². The molecular weight excluding hydrogens is 563 g/mol. The highest BCUT2D eigenvalue weighted by atomic mass is 32.1. The van der Waals surface area contributed by atoms with Crippen LogP contribution in [-0.4, -0.2) is 34.7 Å². The Morgan fingerprint density at radius 2 is 1.84 bits per heavy atom. The molecule has 3 heterocycles. The van der Waals surface area contributed by atoms with Gasteiger partial charge in [0.2, 0.25) is 0 Å². The Bertz CT molecular complexity index is 1750. The lowest BCUT2D eigenvalue weighted by molar-refractivity contribution is 0.0773. The minimum Gasteiger partial charge on any atom is -0.366 e. The van der Waals surface area contributed by atoms with E-state index in [1.165, 1.54) is 29.0 Å². The van der Waals surface area contributed by atoms with Gasteiger partial charge >= 0.3 is 0 Å². The van der Waals surface area contributed by atoms with Crippen molar-refractivity contribution in [2.75, 3.05) is 7.05 Å². The van der Waals surface area contributed by atoms with Gasteiger partial charge in [-0.2, -0.15) is 0 Å². The predicted molar refractivity (Wildman–Crippen MR) is 165 cm³/mol. The second-order valence-electron chi connectivity index (χ2n) is 11.7. The molecule has 43 heavy (non-hydrogen) atoms. The Kier molecular flexibility index (Phi) is 7.60. The lowest BCUT2D eigenvalue weighted by Gasteiger charge is -2.21. The van der Waals surface area contributed by atoms with E-state index in [-0.39, 0.29) is 35.2 Å². The molecule has 0 fully saturated rings. The maximum atomic E-state index is 13.8. The molecule has 1 aliphatic carbocycles. The maximum absolute atomic E-state index is 13.8. The molecule has 0 saturated heterocycles. The summed E-state index contributed by atoms with van der Waals surface area (Å²) in [5.74, 6) is -1.31. The number of nitrogens with one attached hydrogen (secondary N) is 1. The van der Waals surface area contributed by atoms with Crippen molar-refractivity contribution < 1.29 is 18.8 Å². The lowest BCUT2D eigenvalue weighted by Crippen LogP contribution is -2.26. The number of nitrogens with two attached hydrogens (primary N) is 1. The number of carbonyl (C=O) groups excluding carboxylic acids is 3. The van der Waals surface area contributed by atoms with Gasteiger partial charge in [0.1, 0.15) is 5.82 Å². The number of thiophene rings is 1. The van der Waals surface area contributed by atoms with Crippen LogP contribution in [0.15, 0.2) is 60.7 Å². The van der Waals surface area contributed by atoms with Crippen LogP contribution in [0.25, 0.3) is 10.4 Å². The highest BCUT2D eigenvalue weighted by Crippen LogP contribution is 2.44. The van der Waals surface area contributed by atoms with Gasteiger partial charge in [-0.05, 0) is 72.6 Å². The Labute approximate surface area is 253 Å². The second-order valence-corrected chi connectivity index (χ2v) is 12.8. The number of amides is 3. The molecule has 9 heteroatoms. The number of hydrogen-bond acceptors (Lipinski definition) is 5. The number of benzene rings is 2. The number of rotatable bonds is 8. The normalized spacial score (nSPS) is 17.3. The van der Waals surface area contributed by atoms with Crippen LogP contribution < -0.4 is 11.1 Å². The van der Waals surface area contributed by atoms with Crippen LogP contribution in [0.4, 0.5) is 4.39 Å². The summed E-state index contributed by atoms with van der Waals surface area (Å²) < 4.78 is 13.6. The summed E-state index contributed by atoms with van der Waals surface area (Å²) in [6, 6.07) is 17.4. The molecule has 7 nitrogen and oxygen atoms in total. The van der Waals surface area contributed by atoms with Crippen LogP contribution in [0, 0.1) is 11.7 Å². The summed E-state index contributed by atoms with van der Waals surface area (Å²) in [5, 5.41) is 3.16. The molecule has 3 amide bonds. The van der Waals surface area contributed by atoms with Crippen molar-refractivity contribution in [2.24, 2.45) is 11.7 Å². The highest BCUT2D eigenvalue weighted by molar-refractivity contribution is 7.17. The van der Waals surface area contributed by atoms with E-state index in [0.29, 0.717) is 45.1 Å². The summed E-state index contributed by atoms with van der Waals surface area (Å²) in [7, 11) is 1.71. The monoisotopic (exact) mass is 596 g/mol. The number of likely N-dealkylation sites (N-methyl/N-ethyl adjacent to an activating group) is 1. The zero-order valence-electron chi connectivity index (χ0n) is 24.3. The number of fused-ring (bicyclic) bond motifs is 2. The number of aryl methyl sites for hydroxylation is 1. The molecule has 4 aromatic rings. The third kappa shape index (κ3) is 5.33. The number of primary amides is 1. The zero-order chi connectivity index (χ0) is 30.4. The number of nitrogens with zero attached hydrogens (tertiary/aromatic N) is 2. The fourth-order valence-corrected chi connectivity index (χ4v) is 7.23. The van der Waals surface area contributed by atoms with Crippen LogP contribution in [-0.2, 0) is 19.3 Å². The van der Waals surface area contributed by atoms with Gasteiger partial charge in [-0.1, -0.05) is 50.2 Å². The molecule has 2 aliphatic rings. The molecule has 220 valence electrons. The van der Waals surface area contributed by atoms with Crippen molar-refractivity contribution in [3.8, 4) is 10.4 Å². The van der Waals surface area contributed by atoms with E-state index < -0.39 is 11.9 Å². The fraction of sp³-hybridized carbons (Fsp3) is 0.294. The third-order valence-electron chi connectivity index (χ3n) is 8.32. The van der Waals surface area contributed by atoms with E-state index in [9.17, 15) is 18.8 Å². The van der Waals surface area contributed by atoms with Gasteiger partial charge < -0.3 is 16.0 Å². The fourth-order valence-electron chi connectivity index (χ4n) is 6.27. The van der Waals surface area contributed by atoms with Gasteiger partial charge in [0, 0.05) is 17.5 Å². The third-order valence-corrected chi connectivity index (χ3v) is 9.42. The van der Waals surface area contributed by atoms with E-state index in [1.807, 2.05) is 32.0 Å². The SMILES string of the molecule is CC(C)Cc1nc2c(c(-c3ccc(C(=O)NC4CCc5ccccc54)s3)c1C(N)=O)C(=O)N(C)C2Cc1ccc(F)cc1. The Morgan fingerprint density at radius 1 is 1.09 bits per heavy atom. The van der Waals surface area contributed by atoms with Crippen molar-refractivity contribution in [2.45, 2.75) is 51.6 Å². The van der Waals surface area contributed by atoms with Crippen molar-refractivity contribution in [1.29, 1.82) is 0 Å². The van der Waals surface area contributed by atoms with Crippen LogP contribution in [0.5, 0.6) is 0 Å². The first-order valence-electron chi connectivity index (χ1n) is 14.5. The maximum Gasteiger partial charge on any atom is 0.261 e. The molecule has 0 spiro atoms. The molecule has 2 atom stereocenters. The van der Waals surface area contributed by atoms with Crippen LogP contribution in [0.2, 0.25) is 0 Å². The predicted octanol–water partition coefficient (Wildman–Crippen LogP) is 6.03. The van der Waals surface area contributed by atoms with Gasteiger partial charge in [0.15, 0.2) is 0 Å². The Hall–Kier alpha value is -4.37. The molecule has 2 aromatic carbocycles. The zero-order valence-corrected chi connectivity index (χ0v) is 25.1. The average molecular weight is 597 g/mol. The van der Waals surface area contributed by atoms with E-state index >= 15 is 0 Å². The molecule has 0 radical (unpaired) electrons. The number of aromatic nitrogens is 1. The highest BCUT2D eigenvalue weighted by Gasteiger charge is 2.41. The Balaban J connectivity index is 1.42. The van der Waals surface area contributed by atoms with Crippen molar-refractivity contribution in [3.63, 3.8) is 0 Å². The molecular formula is C34H33FN4O3S. The summed E-state index contributed by atoms with van der Waals surface area (Å²) in [4.78, 5) is 47.9. The molecule has 1 aliphatic heterocycles. The summed E-state index contributed by atoms with van der Waals surface area (Å²) >= 11 is 1.23. The van der Waals surface area contributed by atoms with Crippen molar-refractivity contribution >= 4 is 29.1 Å². The minimum absolute atomic E-state index is 0.0688. The smallest absolute Gasteiger partial charge is 0.261 e. The van der Waals surface area contributed by atoms with Crippen molar-refractivity contribution in [1.82, 2.24) is 15.2 Å². The van der Waals surface area contributed by atoms with Gasteiger partial charge in [-0.3, -0.25) is 19.4 Å². The first kappa shape index (κ1) is 28.7. The van der Waals surface area contributed by atoms with Crippen LogP contribution >= 0.6 is 11.3 Å². The number of halogens is 1. The van der Waals surface area contributed by atoms with Gasteiger partial charge in [0.05, 0.1) is 39.5 Å². The number of hydrogen-bond donors (Lipinski definition) is 2. The summed E-state index contributed by atoms with van der Waals surface area (Å²) in [5.41, 5.74) is 11.3.